The van der Waals surface area contributed by atoms with Gasteiger partial charge in [0.2, 0.25) is 10.0 Å². The molecule has 1 N–H and O–H groups in total. The molecule has 0 heterocycles. The lowest BCUT2D eigenvalue weighted by molar-refractivity contribution is -0.137. The van der Waals surface area contributed by atoms with Crippen molar-refractivity contribution in [2.45, 2.75) is 44.6 Å². The van der Waals surface area contributed by atoms with Crippen molar-refractivity contribution >= 4 is 16.0 Å². The van der Waals surface area contributed by atoms with E-state index in [0.29, 0.717) is 6.42 Å². The molecule has 0 atom stereocenters. The van der Waals surface area contributed by atoms with Crippen LogP contribution in [0.25, 0.3) is 0 Å². The molecule has 0 spiro atoms. The lowest BCUT2D eigenvalue weighted by atomic mass is 10.2. The average molecular weight is 299 g/mol. The molecule has 0 bridgehead atoms. The fourth-order valence-corrected chi connectivity index (χ4v) is 3.97. The van der Waals surface area contributed by atoms with Gasteiger partial charge in [-0.3, -0.25) is 4.79 Å². The molecule has 0 aliphatic carbocycles. The predicted molar refractivity (Wildman–Crippen MR) is 77.1 cm³/mol. The van der Waals surface area contributed by atoms with Gasteiger partial charge in [0.25, 0.3) is 0 Å². The summed E-state index contributed by atoms with van der Waals surface area (Å²) in [7, 11) is -3.67. The SMILES string of the molecule is CCc1ccccc1S(=O)(=O)N(CCC(=O)O)C(C)C. The van der Waals surface area contributed by atoms with Gasteiger partial charge in [0.15, 0.2) is 0 Å². The van der Waals surface area contributed by atoms with Gasteiger partial charge in [-0.05, 0) is 31.9 Å². The van der Waals surface area contributed by atoms with E-state index in [4.69, 9.17) is 5.11 Å². The molecule has 0 saturated heterocycles. The summed E-state index contributed by atoms with van der Waals surface area (Å²) in [6.07, 6.45) is 0.409. The maximum Gasteiger partial charge on any atom is 0.304 e. The van der Waals surface area contributed by atoms with Crippen LogP contribution in [0.1, 0.15) is 32.8 Å². The molecule has 0 aliphatic heterocycles. The number of hydrogen-bond donors (Lipinski definition) is 1. The third kappa shape index (κ3) is 3.80. The van der Waals surface area contributed by atoms with Crippen molar-refractivity contribution in [2.24, 2.45) is 0 Å². The summed E-state index contributed by atoms with van der Waals surface area (Å²) in [6.45, 7) is 5.36. The molecule has 6 heteroatoms. The summed E-state index contributed by atoms with van der Waals surface area (Å²) in [6, 6.07) is 6.55. The Balaban J connectivity index is 3.19. The molecule has 0 fully saturated rings. The first kappa shape index (κ1) is 16.7. The second-order valence-corrected chi connectivity index (χ2v) is 6.67. The Morgan fingerprint density at radius 3 is 2.40 bits per heavy atom. The van der Waals surface area contributed by atoms with Crippen molar-refractivity contribution < 1.29 is 18.3 Å². The highest BCUT2D eigenvalue weighted by molar-refractivity contribution is 7.89. The van der Waals surface area contributed by atoms with E-state index in [9.17, 15) is 13.2 Å². The molecule has 0 aromatic heterocycles. The van der Waals surface area contributed by atoms with E-state index in [1.165, 1.54) is 4.31 Å². The molecule has 1 aromatic carbocycles. The second kappa shape index (κ2) is 6.85. The minimum atomic E-state index is -3.67. The van der Waals surface area contributed by atoms with Gasteiger partial charge in [-0.1, -0.05) is 25.1 Å². The van der Waals surface area contributed by atoms with Crippen molar-refractivity contribution in [1.29, 1.82) is 0 Å². The highest BCUT2D eigenvalue weighted by Gasteiger charge is 2.28. The third-order valence-corrected chi connectivity index (χ3v) is 5.24. The third-order valence-electron chi connectivity index (χ3n) is 3.06. The zero-order valence-corrected chi connectivity index (χ0v) is 12.9. The largest absolute Gasteiger partial charge is 0.481 e. The van der Waals surface area contributed by atoms with Crippen molar-refractivity contribution in [1.82, 2.24) is 4.31 Å². The first-order valence-electron chi connectivity index (χ1n) is 6.62. The highest BCUT2D eigenvalue weighted by atomic mass is 32.2. The van der Waals surface area contributed by atoms with Crippen LogP contribution < -0.4 is 0 Å². The Hall–Kier alpha value is -1.40. The van der Waals surface area contributed by atoms with Crippen LogP contribution in [0.3, 0.4) is 0 Å². The number of carboxylic acids is 1. The van der Waals surface area contributed by atoms with E-state index in [-0.39, 0.29) is 23.9 Å². The van der Waals surface area contributed by atoms with Crippen molar-refractivity contribution in [2.75, 3.05) is 6.54 Å². The minimum Gasteiger partial charge on any atom is -0.481 e. The zero-order valence-electron chi connectivity index (χ0n) is 12.0. The first-order valence-corrected chi connectivity index (χ1v) is 8.06. The van der Waals surface area contributed by atoms with E-state index in [0.717, 1.165) is 5.56 Å². The number of rotatable bonds is 7. The van der Waals surface area contributed by atoms with Gasteiger partial charge >= 0.3 is 5.97 Å². The maximum atomic E-state index is 12.7. The predicted octanol–water partition coefficient (Wildman–Crippen LogP) is 2.12. The molecular weight excluding hydrogens is 278 g/mol. The summed E-state index contributed by atoms with van der Waals surface area (Å²) >= 11 is 0. The van der Waals surface area contributed by atoms with E-state index < -0.39 is 16.0 Å². The molecular formula is C14H21NO4S. The normalized spacial score (nSPS) is 12.1. The summed E-state index contributed by atoms with van der Waals surface area (Å²) in [5.74, 6) is -1.00. The van der Waals surface area contributed by atoms with Crippen molar-refractivity contribution in [3.8, 4) is 0 Å². The first-order chi connectivity index (χ1) is 9.30. The molecule has 0 saturated carbocycles. The van der Waals surface area contributed by atoms with Crippen LogP contribution in [-0.2, 0) is 21.2 Å². The average Bonchev–Trinajstić information content (AvgIpc) is 2.37. The molecule has 1 aromatic rings. The van der Waals surface area contributed by atoms with Gasteiger partial charge < -0.3 is 5.11 Å². The van der Waals surface area contributed by atoms with E-state index in [1.54, 1.807) is 38.1 Å². The Labute approximate surface area is 120 Å². The number of benzene rings is 1. The maximum absolute atomic E-state index is 12.7. The number of aliphatic carboxylic acids is 1. The van der Waals surface area contributed by atoms with Crippen LogP contribution in [0, 0.1) is 0 Å². The number of aryl methyl sites for hydroxylation is 1. The van der Waals surface area contributed by atoms with Crippen LogP contribution in [0.2, 0.25) is 0 Å². The number of carboxylic acid groups (broad SMARTS) is 1. The summed E-state index contributed by atoms with van der Waals surface area (Å²) in [4.78, 5) is 11.0. The number of hydrogen-bond acceptors (Lipinski definition) is 3. The van der Waals surface area contributed by atoms with Crippen LogP contribution in [-0.4, -0.2) is 36.4 Å². The standard InChI is InChI=1S/C14H21NO4S/c1-4-12-7-5-6-8-13(12)20(18,19)15(11(2)3)10-9-14(16)17/h5-8,11H,4,9-10H2,1-3H3,(H,16,17). The molecule has 0 aliphatic rings. The smallest absolute Gasteiger partial charge is 0.304 e. The molecule has 1 rings (SSSR count). The van der Waals surface area contributed by atoms with Gasteiger partial charge in [0.05, 0.1) is 11.3 Å². The molecule has 0 radical (unpaired) electrons. The van der Waals surface area contributed by atoms with E-state index in [1.807, 2.05) is 6.92 Å². The summed E-state index contributed by atoms with van der Waals surface area (Å²) in [5, 5.41) is 8.76. The van der Waals surface area contributed by atoms with Crippen molar-refractivity contribution in [3.05, 3.63) is 29.8 Å². The Bertz CT molecular complexity index is 566. The fraction of sp³-hybridized carbons (Fsp3) is 0.500. The summed E-state index contributed by atoms with van der Waals surface area (Å²) < 4.78 is 26.6. The van der Waals surface area contributed by atoms with Crippen LogP contribution >= 0.6 is 0 Å². The number of sulfonamides is 1. The van der Waals surface area contributed by atoms with Gasteiger partial charge in [0.1, 0.15) is 0 Å². The minimum absolute atomic E-state index is 0.0205. The molecule has 0 unspecified atom stereocenters. The van der Waals surface area contributed by atoms with Crippen LogP contribution in [0.15, 0.2) is 29.2 Å². The van der Waals surface area contributed by atoms with Gasteiger partial charge in [-0.15, -0.1) is 0 Å². The number of nitrogens with zero attached hydrogens (tertiary/aromatic N) is 1. The Kier molecular flexibility index (Phi) is 5.71. The Morgan fingerprint density at radius 2 is 1.90 bits per heavy atom. The lowest BCUT2D eigenvalue weighted by Crippen LogP contribution is -2.38. The molecule has 5 nitrogen and oxygen atoms in total. The molecule has 20 heavy (non-hydrogen) atoms. The fourth-order valence-electron chi connectivity index (χ4n) is 2.04. The van der Waals surface area contributed by atoms with Gasteiger partial charge in [-0.25, -0.2) is 8.42 Å². The van der Waals surface area contributed by atoms with Crippen molar-refractivity contribution in [3.63, 3.8) is 0 Å². The molecule has 0 amide bonds. The van der Waals surface area contributed by atoms with Gasteiger partial charge in [0, 0.05) is 12.6 Å². The monoisotopic (exact) mass is 299 g/mol. The Morgan fingerprint density at radius 1 is 1.30 bits per heavy atom. The van der Waals surface area contributed by atoms with E-state index in [2.05, 4.69) is 0 Å². The number of carbonyl (C=O) groups is 1. The van der Waals surface area contributed by atoms with Crippen LogP contribution in [0.5, 0.6) is 0 Å². The molecule has 112 valence electrons. The lowest BCUT2D eigenvalue weighted by Gasteiger charge is -2.26. The second-order valence-electron chi connectivity index (χ2n) is 4.81. The quantitative estimate of drug-likeness (QED) is 0.837. The van der Waals surface area contributed by atoms with Crippen LogP contribution in [0.4, 0.5) is 0 Å². The van der Waals surface area contributed by atoms with Gasteiger partial charge in [-0.2, -0.15) is 4.31 Å². The zero-order chi connectivity index (χ0) is 15.3. The summed E-state index contributed by atoms with van der Waals surface area (Å²) in [5.41, 5.74) is 0.744. The highest BCUT2D eigenvalue weighted by Crippen LogP contribution is 2.22. The van der Waals surface area contributed by atoms with E-state index >= 15 is 0 Å². The topological polar surface area (TPSA) is 74.7 Å².